The van der Waals surface area contributed by atoms with Gasteiger partial charge in [0.1, 0.15) is 0 Å². The van der Waals surface area contributed by atoms with E-state index >= 15 is 0 Å². The number of aryl methyl sites for hydroxylation is 1. The maximum Gasteiger partial charge on any atom is 0.278 e. The van der Waals surface area contributed by atoms with Crippen LogP contribution in [0.4, 0.5) is 5.69 Å². The fourth-order valence-corrected chi connectivity index (χ4v) is 1.97. The molecule has 7 heteroatoms. The first-order chi connectivity index (χ1) is 9.01. The fourth-order valence-electron chi connectivity index (χ4n) is 1.97. The first-order valence-electron chi connectivity index (χ1n) is 6.04. The standard InChI is InChI=1S/C12H19N3O4/c1-9-7-13-11(10(2)12(9)15(18)19)8-14(3-5-16)4-6-17/h7,16-17H,3-6,8H2,1-2H3. The predicted molar refractivity (Wildman–Crippen MR) is 69.8 cm³/mol. The summed E-state index contributed by atoms with van der Waals surface area (Å²) in [5.74, 6) is 0. The average molecular weight is 269 g/mol. The molecular weight excluding hydrogens is 250 g/mol. The number of rotatable bonds is 7. The lowest BCUT2D eigenvalue weighted by molar-refractivity contribution is -0.386. The largest absolute Gasteiger partial charge is 0.395 e. The normalized spacial score (nSPS) is 11.0. The molecule has 106 valence electrons. The third kappa shape index (κ3) is 3.95. The molecular formula is C12H19N3O4. The Morgan fingerprint density at radius 2 is 1.89 bits per heavy atom. The molecule has 0 aliphatic carbocycles. The molecule has 0 fully saturated rings. The van der Waals surface area contributed by atoms with Crippen LogP contribution in [-0.2, 0) is 6.54 Å². The number of aliphatic hydroxyl groups excluding tert-OH is 2. The summed E-state index contributed by atoms with van der Waals surface area (Å²) in [6.45, 7) is 4.41. The number of hydrogen-bond acceptors (Lipinski definition) is 6. The van der Waals surface area contributed by atoms with E-state index in [0.29, 0.717) is 36.5 Å². The highest BCUT2D eigenvalue weighted by Crippen LogP contribution is 2.24. The molecule has 0 amide bonds. The van der Waals surface area contributed by atoms with Crippen molar-refractivity contribution in [3.8, 4) is 0 Å². The van der Waals surface area contributed by atoms with Crippen molar-refractivity contribution >= 4 is 5.69 Å². The van der Waals surface area contributed by atoms with Crippen molar-refractivity contribution in [3.63, 3.8) is 0 Å². The highest BCUT2D eigenvalue weighted by atomic mass is 16.6. The summed E-state index contributed by atoms with van der Waals surface area (Å²) in [6, 6.07) is 0. The Kier molecular flexibility index (Phi) is 5.81. The van der Waals surface area contributed by atoms with E-state index in [1.807, 2.05) is 0 Å². The van der Waals surface area contributed by atoms with E-state index in [4.69, 9.17) is 10.2 Å². The fraction of sp³-hybridized carbons (Fsp3) is 0.583. The van der Waals surface area contributed by atoms with Gasteiger partial charge in [-0.25, -0.2) is 0 Å². The highest BCUT2D eigenvalue weighted by molar-refractivity contribution is 5.47. The maximum atomic E-state index is 11.0. The lowest BCUT2D eigenvalue weighted by atomic mass is 10.1. The van der Waals surface area contributed by atoms with Crippen molar-refractivity contribution in [2.45, 2.75) is 20.4 Å². The zero-order valence-corrected chi connectivity index (χ0v) is 11.2. The van der Waals surface area contributed by atoms with Crippen LogP contribution in [0.3, 0.4) is 0 Å². The first-order valence-corrected chi connectivity index (χ1v) is 6.04. The van der Waals surface area contributed by atoms with Crippen LogP contribution < -0.4 is 0 Å². The summed E-state index contributed by atoms with van der Waals surface area (Å²) in [7, 11) is 0. The van der Waals surface area contributed by atoms with Gasteiger partial charge in [-0.3, -0.25) is 20.0 Å². The summed E-state index contributed by atoms with van der Waals surface area (Å²) in [4.78, 5) is 16.6. The molecule has 0 radical (unpaired) electrons. The van der Waals surface area contributed by atoms with Gasteiger partial charge in [0.2, 0.25) is 0 Å². The molecule has 1 heterocycles. The van der Waals surface area contributed by atoms with Gasteiger partial charge in [0.05, 0.1) is 23.8 Å². The van der Waals surface area contributed by atoms with Crippen molar-refractivity contribution in [3.05, 3.63) is 33.1 Å². The number of nitrogens with zero attached hydrogens (tertiary/aromatic N) is 3. The van der Waals surface area contributed by atoms with Crippen LogP contribution in [0, 0.1) is 24.0 Å². The van der Waals surface area contributed by atoms with Gasteiger partial charge in [-0.05, 0) is 13.8 Å². The van der Waals surface area contributed by atoms with Gasteiger partial charge in [-0.15, -0.1) is 0 Å². The molecule has 7 nitrogen and oxygen atoms in total. The van der Waals surface area contributed by atoms with Crippen LogP contribution >= 0.6 is 0 Å². The Balaban J connectivity index is 3.00. The van der Waals surface area contributed by atoms with Crippen LogP contribution in [0.25, 0.3) is 0 Å². The molecule has 19 heavy (non-hydrogen) atoms. The van der Waals surface area contributed by atoms with Crippen LogP contribution in [0.2, 0.25) is 0 Å². The summed E-state index contributed by atoms with van der Waals surface area (Å²) < 4.78 is 0. The molecule has 0 unspecified atom stereocenters. The first kappa shape index (κ1) is 15.5. The molecule has 0 saturated carbocycles. The molecule has 0 bridgehead atoms. The molecule has 1 aromatic rings. The molecule has 1 aromatic heterocycles. The van der Waals surface area contributed by atoms with Crippen molar-refractivity contribution in [2.75, 3.05) is 26.3 Å². The summed E-state index contributed by atoms with van der Waals surface area (Å²) >= 11 is 0. The lowest BCUT2D eigenvalue weighted by Gasteiger charge is -2.20. The van der Waals surface area contributed by atoms with E-state index in [2.05, 4.69) is 4.98 Å². The van der Waals surface area contributed by atoms with Crippen LogP contribution in [0.15, 0.2) is 6.20 Å². The van der Waals surface area contributed by atoms with Crippen LogP contribution in [-0.4, -0.2) is 51.3 Å². The van der Waals surface area contributed by atoms with Gasteiger partial charge in [-0.2, -0.15) is 0 Å². The smallest absolute Gasteiger partial charge is 0.278 e. The zero-order valence-electron chi connectivity index (χ0n) is 11.2. The molecule has 1 rings (SSSR count). The van der Waals surface area contributed by atoms with Gasteiger partial charge in [-0.1, -0.05) is 0 Å². The Labute approximate surface area is 111 Å². The van der Waals surface area contributed by atoms with Gasteiger partial charge in [0.15, 0.2) is 0 Å². The minimum Gasteiger partial charge on any atom is -0.395 e. The molecule has 0 aliphatic heterocycles. The van der Waals surface area contributed by atoms with Crippen molar-refractivity contribution in [1.29, 1.82) is 0 Å². The molecule has 0 aromatic carbocycles. The number of aromatic nitrogens is 1. The SMILES string of the molecule is Cc1cnc(CN(CCO)CCO)c(C)c1[N+](=O)[O-]. The number of pyridine rings is 1. The predicted octanol–water partition coefficient (Wildman–Crippen LogP) is 0.393. The van der Waals surface area contributed by atoms with E-state index in [9.17, 15) is 10.1 Å². The third-order valence-corrected chi connectivity index (χ3v) is 2.96. The Morgan fingerprint density at radius 3 is 2.37 bits per heavy atom. The molecule has 0 spiro atoms. The Morgan fingerprint density at radius 1 is 1.32 bits per heavy atom. The molecule has 0 aliphatic rings. The minimum atomic E-state index is -0.404. The van der Waals surface area contributed by atoms with Crippen LogP contribution in [0.1, 0.15) is 16.8 Å². The van der Waals surface area contributed by atoms with Crippen LogP contribution in [0.5, 0.6) is 0 Å². The van der Waals surface area contributed by atoms with Crippen molar-refractivity contribution < 1.29 is 15.1 Å². The molecule has 2 N–H and O–H groups in total. The van der Waals surface area contributed by atoms with Crippen molar-refractivity contribution in [2.24, 2.45) is 0 Å². The van der Waals surface area contributed by atoms with Gasteiger partial charge in [0.25, 0.3) is 5.69 Å². The van der Waals surface area contributed by atoms with E-state index in [1.54, 1.807) is 18.7 Å². The monoisotopic (exact) mass is 269 g/mol. The van der Waals surface area contributed by atoms with E-state index in [0.717, 1.165) is 0 Å². The van der Waals surface area contributed by atoms with Crippen molar-refractivity contribution in [1.82, 2.24) is 9.88 Å². The average Bonchev–Trinajstić information content (AvgIpc) is 2.33. The topological polar surface area (TPSA) is 99.7 Å². The summed E-state index contributed by atoms with van der Waals surface area (Å²) in [6.07, 6.45) is 1.48. The summed E-state index contributed by atoms with van der Waals surface area (Å²) in [5.41, 5.74) is 1.74. The second-order valence-electron chi connectivity index (χ2n) is 4.34. The van der Waals surface area contributed by atoms with E-state index in [1.165, 1.54) is 6.20 Å². The zero-order chi connectivity index (χ0) is 14.4. The molecule has 0 saturated heterocycles. The highest BCUT2D eigenvalue weighted by Gasteiger charge is 2.19. The number of aliphatic hydroxyl groups is 2. The van der Waals surface area contributed by atoms with E-state index < -0.39 is 4.92 Å². The lowest BCUT2D eigenvalue weighted by Crippen LogP contribution is -2.30. The van der Waals surface area contributed by atoms with E-state index in [-0.39, 0.29) is 18.9 Å². The second kappa shape index (κ2) is 7.13. The number of nitro groups is 1. The Hall–Kier alpha value is -1.57. The third-order valence-electron chi connectivity index (χ3n) is 2.96. The summed E-state index contributed by atoms with van der Waals surface area (Å²) in [5, 5.41) is 28.9. The van der Waals surface area contributed by atoms with Gasteiger partial charge >= 0.3 is 0 Å². The maximum absolute atomic E-state index is 11.0. The molecule has 0 atom stereocenters. The number of hydrogen-bond donors (Lipinski definition) is 2. The van der Waals surface area contributed by atoms with Gasteiger partial charge < -0.3 is 10.2 Å². The second-order valence-corrected chi connectivity index (χ2v) is 4.34. The quantitative estimate of drug-likeness (QED) is 0.549. The Bertz CT molecular complexity index is 445. The minimum absolute atomic E-state index is 0.0347. The van der Waals surface area contributed by atoms with Gasteiger partial charge in [0, 0.05) is 37.0 Å².